The number of carbonyl (C=O) groups excluding carboxylic acids is 1. The average molecular weight is 375 g/mol. The monoisotopic (exact) mass is 374 g/mol. The molecule has 7 heteroatoms. The van der Waals surface area contributed by atoms with Gasteiger partial charge in [-0.05, 0) is 36.4 Å². The largest absolute Gasteiger partial charge is 0.367 e. The van der Waals surface area contributed by atoms with Crippen LogP contribution in [0.5, 0.6) is 0 Å². The van der Waals surface area contributed by atoms with Gasteiger partial charge in [0.1, 0.15) is 0 Å². The van der Waals surface area contributed by atoms with Gasteiger partial charge in [0, 0.05) is 36.9 Å². The molecular weight excluding hydrogens is 359 g/mol. The summed E-state index contributed by atoms with van der Waals surface area (Å²) in [6, 6.07) is 14.2. The number of benzene rings is 2. The molecule has 0 atom stereocenters. The molecule has 1 aliphatic heterocycles. The highest BCUT2D eigenvalue weighted by molar-refractivity contribution is 6.36. The van der Waals surface area contributed by atoms with Gasteiger partial charge in [-0.2, -0.15) is 5.26 Å². The maximum Gasteiger partial charge on any atom is 0.321 e. The summed E-state index contributed by atoms with van der Waals surface area (Å²) in [6.07, 6.45) is 0. The molecule has 1 aliphatic rings. The smallest absolute Gasteiger partial charge is 0.321 e. The molecule has 1 saturated heterocycles. The quantitative estimate of drug-likeness (QED) is 0.855. The molecular formula is C18H16Cl2N4O. The Hall–Kier alpha value is -2.42. The van der Waals surface area contributed by atoms with E-state index in [0.29, 0.717) is 47.5 Å². The van der Waals surface area contributed by atoms with E-state index >= 15 is 0 Å². The summed E-state index contributed by atoms with van der Waals surface area (Å²) in [7, 11) is 0. The Morgan fingerprint density at radius 2 is 1.84 bits per heavy atom. The lowest BCUT2D eigenvalue weighted by molar-refractivity contribution is 0.208. The highest BCUT2D eigenvalue weighted by atomic mass is 35.5. The van der Waals surface area contributed by atoms with Crippen molar-refractivity contribution in [2.45, 2.75) is 0 Å². The summed E-state index contributed by atoms with van der Waals surface area (Å²) in [5.41, 5.74) is 2.06. The Labute approximate surface area is 156 Å². The highest BCUT2D eigenvalue weighted by Crippen LogP contribution is 2.29. The molecule has 1 fully saturated rings. The zero-order chi connectivity index (χ0) is 17.8. The first-order chi connectivity index (χ1) is 12.1. The first kappa shape index (κ1) is 17.4. The zero-order valence-corrected chi connectivity index (χ0v) is 14.9. The first-order valence-electron chi connectivity index (χ1n) is 7.83. The Balaban J connectivity index is 1.60. The molecule has 5 nitrogen and oxygen atoms in total. The number of hydrogen-bond donors (Lipinski definition) is 1. The van der Waals surface area contributed by atoms with Crippen molar-refractivity contribution in [3.8, 4) is 6.07 Å². The second kappa shape index (κ2) is 7.64. The SMILES string of the molecule is N#Cc1cccc(NC(=O)N2CCN(c3ccc(Cl)cc3Cl)CC2)c1. The van der Waals surface area contributed by atoms with Crippen LogP contribution in [0.4, 0.5) is 16.2 Å². The van der Waals surface area contributed by atoms with Crippen LogP contribution in [-0.4, -0.2) is 37.1 Å². The van der Waals surface area contributed by atoms with Gasteiger partial charge >= 0.3 is 6.03 Å². The molecule has 0 spiro atoms. The maximum atomic E-state index is 12.4. The summed E-state index contributed by atoms with van der Waals surface area (Å²) >= 11 is 12.2. The van der Waals surface area contributed by atoms with Crippen molar-refractivity contribution in [1.29, 1.82) is 5.26 Å². The van der Waals surface area contributed by atoms with Crippen LogP contribution >= 0.6 is 23.2 Å². The highest BCUT2D eigenvalue weighted by Gasteiger charge is 2.22. The van der Waals surface area contributed by atoms with Crippen LogP contribution in [0.1, 0.15) is 5.56 Å². The van der Waals surface area contributed by atoms with Gasteiger partial charge in [0.15, 0.2) is 0 Å². The molecule has 0 radical (unpaired) electrons. The lowest BCUT2D eigenvalue weighted by atomic mass is 10.2. The van der Waals surface area contributed by atoms with Crippen molar-refractivity contribution < 1.29 is 4.79 Å². The first-order valence-corrected chi connectivity index (χ1v) is 8.58. The second-order valence-corrected chi connectivity index (χ2v) is 6.54. The van der Waals surface area contributed by atoms with E-state index in [4.69, 9.17) is 28.5 Å². The molecule has 2 amide bonds. The van der Waals surface area contributed by atoms with Crippen molar-refractivity contribution in [3.05, 3.63) is 58.1 Å². The number of nitrogens with one attached hydrogen (secondary N) is 1. The lowest BCUT2D eigenvalue weighted by Gasteiger charge is -2.36. The number of rotatable bonds is 2. The molecule has 25 heavy (non-hydrogen) atoms. The van der Waals surface area contributed by atoms with Crippen molar-refractivity contribution in [2.75, 3.05) is 36.4 Å². The molecule has 0 aromatic heterocycles. The minimum absolute atomic E-state index is 0.169. The van der Waals surface area contributed by atoms with Crippen LogP contribution in [0.25, 0.3) is 0 Å². The Morgan fingerprint density at radius 3 is 2.52 bits per heavy atom. The van der Waals surface area contributed by atoms with Gasteiger partial charge in [-0.1, -0.05) is 29.3 Å². The molecule has 0 saturated carbocycles. The van der Waals surface area contributed by atoms with Gasteiger partial charge in [-0.3, -0.25) is 0 Å². The number of urea groups is 1. The average Bonchev–Trinajstić information content (AvgIpc) is 2.62. The van der Waals surface area contributed by atoms with Crippen LogP contribution < -0.4 is 10.2 Å². The number of halogens is 2. The van der Waals surface area contributed by atoms with Gasteiger partial charge in [-0.15, -0.1) is 0 Å². The number of nitriles is 1. The van der Waals surface area contributed by atoms with Crippen LogP contribution in [-0.2, 0) is 0 Å². The molecule has 3 rings (SSSR count). The summed E-state index contributed by atoms with van der Waals surface area (Å²) in [5.74, 6) is 0. The summed E-state index contributed by atoms with van der Waals surface area (Å²) < 4.78 is 0. The predicted octanol–water partition coefficient (Wildman–Crippen LogP) is 4.22. The second-order valence-electron chi connectivity index (χ2n) is 5.69. The van der Waals surface area contributed by atoms with E-state index in [0.717, 1.165) is 5.69 Å². The summed E-state index contributed by atoms with van der Waals surface area (Å²) in [6.45, 7) is 2.55. The Morgan fingerprint density at radius 1 is 1.08 bits per heavy atom. The molecule has 128 valence electrons. The van der Waals surface area contributed by atoms with Crippen molar-refractivity contribution >= 4 is 40.6 Å². The Bertz CT molecular complexity index is 826. The number of carbonyl (C=O) groups is 1. The topological polar surface area (TPSA) is 59.4 Å². The van der Waals surface area contributed by atoms with Crippen LogP contribution in [0, 0.1) is 11.3 Å². The van der Waals surface area contributed by atoms with Gasteiger partial charge in [0.05, 0.1) is 22.3 Å². The Kier molecular flexibility index (Phi) is 5.32. The van der Waals surface area contributed by atoms with Gasteiger partial charge in [0.2, 0.25) is 0 Å². The number of anilines is 2. The number of amides is 2. The number of nitrogens with zero attached hydrogens (tertiary/aromatic N) is 3. The fourth-order valence-electron chi connectivity index (χ4n) is 2.76. The van der Waals surface area contributed by atoms with E-state index in [9.17, 15) is 4.79 Å². The van der Waals surface area contributed by atoms with Crippen LogP contribution in [0.15, 0.2) is 42.5 Å². The van der Waals surface area contributed by atoms with Crippen LogP contribution in [0.3, 0.4) is 0 Å². The van der Waals surface area contributed by atoms with E-state index in [1.54, 1.807) is 35.2 Å². The van der Waals surface area contributed by atoms with Gasteiger partial charge in [-0.25, -0.2) is 4.79 Å². The minimum atomic E-state index is -0.169. The van der Waals surface area contributed by atoms with Crippen molar-refractivity contribution in [3.63, 3.8) is 0 Å². The van der Waals surface area contributed by atoms with Gasteiger partial charge < -0.3 is 15.1 Å². The minimum Gasteiger partial charge on any atom is -0.367 e. The van der Waals surface area contributed by atoms with E-state index in [1.807, 2.05) is 12.1 Å². The third kappa shape index (κ3) is 4.16. The van der Waals surface area contributed by atoms with E-state index in [2.05, 4.69) is 16.3 Å². The lowest BCUT2D eigenvalue weighted by Crippen LogP contribution is -2.50. The molecule has 0 bridgehead atoms. The predicted molar refractivity (Wildman–Crippen MR) is 100 cm³/mol. The van der Waals surface area contributed by atoms with E-state index in [1.165, 1.54) is 0 Å². The molecule has 0 aliphatic carbocycles. The number of hydrogen-bond acceptors (Lipinski definition) is 3. The normalized spacial score (nSPS) is 14.1. The van der Waals surface area contributed by atoms with E-state index < -0.39 is 0 Å². The van der Waals surface area contributed by atoms with Crippen LogP contribution in [0.2, 0.25) is 10.0 Å². The zero-order valence-electron chi connectivity index (χ0n) is 13.4. The standard InChI is InChI=1S/C18H16Cl2N4O/c19-14-4-5-17(16(20)11-14)23-6-8-24(9-7-23)18(25)22-15-3-1-2-13(10-15)12-21/h1-5,10-11H,6-9H2,(H,22,25). The molecule has 1 heterocycles. The molecule has 2 aromatic rings. The molecule has 0 unspecified atom stereocenters. The maximum absolute atomic E-state index is 12.4. The summed E-state index contributed by atoms with van der Waals surface area (Å²) in [4.78, 5) is 16.3. The third-order valence-electron chi connectivity index (χ3n) is 4.06. The van der Waals surface area contributed by atoms with Crippen molar-refractivity contribution in [2.24, 2.45) is 0 Å². The van der Waals surface area contributed by atoms with E-state index in [-0.39, 0.29) is 6.03 Å². The van der Waals surface area contributed by atoms with Crippen molar-refractivity contribution in [1.82, 2.24) is 4.90 Å². The fraction of sp³-hybridized carbons (Fsp3) is 0.222. The third-order valence-corrected chi connectivity index (χ3v) is 4.60. The molecule has 1 N–H and O–H groups in total. The summed E-state index contributed by atoms with van der Waals surface area (Å²) in [5, 5.41) is 13.0. The number of piperazine rings is 1. The molecule has 2 aromatic carbocycles. The fourth-order valence-corrected chi connectivity index (χ4v) is 3.29. The van der Waals surface area contributed by atoms with Gasteiger partial charge in [0.25, 0.3) is 0 Å².